The third-order valence-electron chi connectivity index (χ3n) is 8.26. The van der Waals surface area contributed by atoms with Gasteiger partial charge in [-0.2, -0.15) is 0 Å². The van der Waals surface area contributed by atoms with Crippen LogP contribution in [0.15, 0.2) is 0 Å². The van der Waals surface area contributed by atoms with Crippen LogP contribution in [0.4, 0.5) is 0 Å². The van der Waals surface area contributed by atoms with Crippen LogP contribution in [-0.2, 0) is 33.3 Å². The predicted molar refractivity (Wildman–Crippen MR) is 123 cm³/mol. The Balaban J connectivity index is 1.05. The number of hydrogen-bond donors (Lipinski definition) is 3. The minimum absolute atomic E-state index is 0.0451. The van der Waals surface area contributed by atoms with Gasteiger partial charge >= 0.3 is 0 Å². The fourth-order valence-electron chi connectivity index (χ4n) is 6.19. The summed E-state index contributed by atoms with van der Waals surface area (Å²) in [5, 5.41) is 16.5. The van der Waals surface area contributed by atoms with E-state index in [9.17, 15) is 14.7 Å². The van der Waals surface area contributed by atoms with Crippen molar-refractivity contribution in [3.63, 3.8) is 0 Å². The number of rotatable bonds is 5. The van der Waals surface area contributed by atoms with Crippen molar-refractivity contribution in [1.29, 1.82) is 0 Å². The molecule has 3 aliphatic heterocycles. The molecule has 2 aliphatic carbocycles. The van der Waals surface area contributed by atoms with E-state index in [1.807, 2.05) is 6.92 Å². The van der Waals surface area contributed by atoms with Crippen LogP contribution in [0.25, 0.3) is 0 Å². The van der Waals surface area contributed by atoms with E-state index in [2.05, 4.69) is 17.6 Å². The van der Waals surface area contributed by atoms with E-state index in [-0.39, 0.29) is 54.7 Å². The Bertz CT molecular complexity index is 752. The summed E-state index contributed by atoms with van der Waals surface area (Å²) in [7, 11) is 0. The highest BCUT2D eigenvalue weighted by Gasteiger charge is 2.56. The van der Waals surface area contributed by atoms with Gasteiger partial charge < -0.3 is 39.4 Å². The van der Waals surface area contributed by atoms with Gasteiger partial charge in [0.2, 0.25) is 11.8 Å². The molecule has 10 nitrogen and oxygen atoms in total. The van der Waals surface area contributed by atoms with Gasteiger partial charge in [0.05, 0.1) is 6.61 Å². The average Bonchev–Trinajstić information content (AvgIpc) is 3.28. The number of ether oxygens (including phenoxy) is 5. The Hall–Kier alpha value is -1.30. The lowest BCUT2D eigenvalue weighted by Gasteiger charge is -2.44. The van der Waals surface area contributed by atoms with E-state index >= 15 is 0 Å². The number of hydrogen-bond acceptors (Lipinski definition) is 8. The number of fused-ring (bicyclic) bond motifs is 3. The SMILES string of the molecule is CC1CCC(NC(=O)CC(=O)NC2CCC(C3OC4C(O)OC5COC(C)OC5C4O3)CC2)CC1. The number of amides is 2. The summed E-state index contributed by atoms with van der Waals surface area (Å²) in [6, 6.07) is 0.245. The van der Waals surface area contributed by atoms with Crippen LogP contribution in [0.5, 0.6) is 0 Å². The second-order valence-electron chi connectivity index (χ2n) is 11.0. The Morgan fingerprint density at radius 3 is 2.03 bits per heavy atom. The minimum Gasteiger partial charge on any atom is -0.366 e. The largest absolute Gasteiger partial charge is 0.366 e. The first-order valence-electron chi connectivity index (χ1n) is 13.4. The molecule has 5 fully saturated rings. The van der Waals surface area contributed by atoms with Crippen molar-refractivity contribution in [2.24, 2.45) is 11.8 Å². The van der Waals surface area contributed by atoms with Crippen molar-refractivity contribution in [3.05, 3.63) is 0 Å². The zero-order valence-corrected chi connectivity index (χ0v) is 20.7. The molecule has 5 rings (SSSR count). The highest BCUT2D eigenvalue weighted by atomic mass is 16.8. The maximum absolute atomic E-state index is 12.4. The first-order chi connectivity index (χ1) is 16.9. The molecule has 7 unspecified atom stereocenters. The molecule has 0 spiro atoms. The number of aliphatic hydroxyl groups is 1. The first-order valence-corrected chi connectivity index (χ1v) is 13.4. The van der Waals surface area contributed by atoms with Gasteiger partial charge in [0.1, 0.15) is 30.8 Å². The standard InChI is InChI=1S/C25H40N2O8/c1-13-3-7-16(8-4-13)26-19(28)11-20(29)27-17-9-5-15(6-10-17)25-34-22-21-18(12-31-14(2)32-21)33-24(30)23(22)35-25/h13-18,21-25,30H,3-12H2,1-2H3,(H,26,28)(H,27,29). The van der Waals surface area contributed by atoms with Crippen LogP contribution in [0.2, 0.25) is 0 Å². The zero-order valence-electron chi connectivity index (χ0n) is 20.7. The van der Waals surface area contributed by atoms with E-state index in [0.29, 0.717) is 6.61 Å². The zero-order chi connectivity index (χ0) is 24.5. The second kappa shape index (κ2) is 11.0. The molecule has 198 valence electrons. The molecule has 0 bridgehead atoms. The number of carbonyl (C=O) groups excluding carboxylic acids is 2. The first kappa shape index (κ1) is 25.4. The summed E-state index contributed by atoms with van der Waals surface area (Å²) >= 11 is 0. The van der Waals surface area contributed by atoms with Gasteiger partial charge in [-0.3, -0.25) is 9.59 Å². The van der Waals surface area contributed by atoms with Crippen molar-refractivity contribution < 1.29 is 38.4 Å². The monoisotopic (exact) mass is 496 g/mol. The molecule has 3 heterocycles. The molecule has 0 radical (unpaired) electrons. The molecule has 3 N–H and O–H groups in total. The Morgan fingerprint density at radius 2 is 1.37 bits per heavy atom. The smallest absolute Gasteiger partial charge is 0.229 e. The molecule has 5 aliphatic rings. The van der Waals surface area contributed by atoms with E-state index in [0.717, 1.165) is 57.3 Å². The van der Waals surface area contributed by atoms with Gasteiger partial charge in [-0.1, -0.05) is 6.92 Å². The van der Waals surface area contributed by atoms with E-state index in [1.165, 1.54) is 0 Å². The fraction of sp³-hybridized carbons (Fsp3) is 0.920. The molecule has 0 aromatic carbocycles. The van der Waals surface area contributed by atoms with Gasteiger partial charge in [-0.05, 0) is 64.2 Å². The predicted octanol–water partition coefficient (Wildman–Crippen LogP) is 1.34. The van der Waals surface area contributed by atoms with Crippen LogP contribution in [0.3, 0.4) is 0 Å². The maximum atomic E-state index is 12.4. The van der Waals surface area contributed by atoms with Crippen molar-refractivity contribution in [1.82, 2.24) is 10.6 Å². The quantitative estimate of drug-likeness (QED) is 0.487. The molecule has 0 aromatic rings. The Morgan fingerprint density at radius 1 is 0.771 bits per heavy atom. The van der Waals surface area contributed by atoms with Crippen molar-refractivity contribution in [2.45, 2.75) is 127 Å². The van der Waals surface area contributed by atoms with E-state index < -0.39 is 24.8 Å². The van der Waals surface area contributed by atoms with Crippen LogP contribution < -0.4 is 10.6 Å². The summed E-state index contributed by atoms with van der Waals surface area (Å²) < 4.78 is 29.4. The van der Waals surface area contributed by atoms with Gasteiger partial charge in [0, 0.05) is 18.0 Å². The van der Waals surface area contributed by atoms with Crippen LogP contribution in [0.1, 0.15) is 71.6 Å². The molecule has 35 heavy (non-hydrogen) atoms. The van der Waals surface area contributed by atoms with Crippen LogP contribution in [0, 0.1) is 11.8 Å². The number of nitrogens with one attached hydrogen (secondary N) is 2. The Labute approximate surface area is 206 Å². The highest BCUT2D eigenvalue weighted by Crippen LogP contribution is 2.40. The van der Waals surface area contributed by atoms with Crippen molar-refractivity contribution >= 4 is 11.8 Å². The lowest BCUT2D eigenvalue weighted by atomic mass is 9.85. The maximum Gasteiger partial charge on any atom is 0.229 e. The van der Waals surface area contributed by atoms with E-state index in [4.69, 9.17) is 23.7 Å². The summed E-state index contributed by atoms with van der Waals surface area (Å²) in [5.74, 6) is 0.481. The molecule has 3 saturated heterocycles. The van der Waals surface area contributed by atoms with Crippen molar-refractivity contribution in [3.8, 4) is 0 Å². The Kier molecular flexibility index (Phi) is 7.96. The molecule has 2 amide bonds. The normalized spacial score (nSPS) is 45.7. The molecule has 2 saturated carbocycles. The third kappa shape index (κ3) is 5.99. The fourth-order valence-corrected chi connectivity index (χ4v) is 6.19. The van der Waals surface area contributed by atoms with Crippen LogP contribution >= 0.6 is 0 Å². The van der Waals surface area contributed by atoms with Gasteiger partial charge in [-0.25, -0.2) is 0 Å². The number of aliphatic hydroxyl groups excluding tert-OH is 1. The lowest BCUT2D eigenvalue weighted by Crippen LogP contribution is -2.61. The summed E-state index contributed by atoms with van der Waals surface area (Å²) in [5.41, 5.74) is 0. The van der Waals surface area contributed by atoms with Crippen molar-refractivity contribution in [2.75, 3.05) is 6.61 Å². The van der Waals surface area contributed by atoms with E-state index in [1.54, 1.807) is 0 Å². The van der Waals surface area contributed by atoms with Crippen LogP contribution in [-0.4, -0.2) is 78.9 Å². The average molecular weight is 497 g/mol. The summed E-state index contributed by atoms with van der Waals surface area (Å²) in [6.45, 7) is 4.42. The minimum atomic E-state index is -1.08. The summed E-state index contributed by atoms with van der Waals surface area (Å²) in [4.78, 5) is 24.7. The molecule has 0 aromatic heterocycles. The second-order valence-corrected chi connectivity index (χ2v) is 11.0. The molecular weight excluding hydrogens is 456 g/mol. The molecular formula is C25H40N2O8. The number of carbonyl (C=O) groups is 2. The third-order valence-corrected chi connectivity index (χ3v) is 8.26. The molecule has 10 heteroatoms. The summed E-state index contributed by atoms with van der Waals surface area (Å²) in [6.07, 6.45) is 3.79. The van der Waals surface area contributed by atoms with Gasteiger partial charge in [0.25, 0.3) is 0 Å². The van der Waals surface area contributed by atoms with Gasteiger partial charge in [-0.15, -0.1) is 0 Å². The highest BCUT2D eigenvalue weighted by molar-refractivity contribution is 5.97. The molecule has 7 atom stereocenters. The van der Waals surface area contributed by atoms with Gasteiger partial charge in [0.15, 0.2) is 18.9 Å². The topological polar surface area (TPSA) is 125 Å². The lowest BCUT2D eigenvalue weighted by molar-refractivity contribution is -0.333.